The van der Waals surface area contributed by atoms with Gasteiger partial charge in [0.05, 0.1) is 12.1 Å². The molecule has 1 amide bonds. The molecule has 7 heteroatoms. The molecule has 0 saturated carbocycles. The van der Waals surface area contributed by atoms with Crippen molar-refractivity contribution in [2.24, 2.45) is 0 Å². The van der Waals surface area contributed by atoms with Crippen LogP contribution in [0, 0.1) is 0 Å². The molecule has 2 aliphatic rings. The topological polar surface area (TPSA) is 47.0 Å². The number of carbonyl (C=O) groups excluding carboxylic acids is 1. The number of carbonyl (C=O) groups is 1. The zero-order valence-electron chi connectivity index (χ0n) is 15.5. The van der Waals surface area contributed by atoms with Crippen LogP contribution in [0.15, 0.2) is 48.5 Å². The van der Waals surface area contributed by atoms with E-state index in [0.717, 1.165) is 25.3 Å². The SMILES string of the molecule is O=C(c1ccc(Cl)cc1)N1CCN([C@@H]2CN(c3cccc(Cl)c3)C[C@H]2O)CC1. The molecule has 0 aliphatic carbocycles. The quantitative estimate of drug-likeness (QED) is 0.830. The van der Waals surface area contributed by atoms with Gasteiger partial charge in [-0.25, -0.2) is 0 Å². The molecule has 0 aromatic heterocycles. The van der Waals surface area contributed by atoms with Gasteiger partial charge in [-0.1, -0.05) is 29.3 Å². The molecule has 2 aromatic rings. The normalized spacial score (nSPS) is 23.2. The number of aliphatic hydroxyl groups excluding tert-OH is 1. The molecular weight excluding hydrogens is 397 g/mol. The van der Waals surface area contributed by atoms with Crippen molar-refractivity contribution in [3.8, 4) is 0 Å². The average Bonchev–Trinajstić information content (AvgIpc) is 3.10. The van der Waals surface area contributed by atoms with Crippen molar-refractivity contribution in [3.63, 3.8) is 0 Å². The van der Waals surface area contributed by atoms with Crippen LogP contribution in [0.4, 0.5) is 5.69 Å². The molecule has 2 aromatic carbocycles. The lowest BCUT2D eigenvalue weighted by Crippen LogP contribution is -2.54. The summed E-state index contributed by atoms with van der Waals surface area (Å²) in [6.07, 6.45) is -0.419. The lowest BCUT2D eigenvalue weighted by Gasteiger charge is -2.38. The molecule has 0 radical (unpaired) electrons. The summed E-state index contributed by atoms with van der Waals surface area (Å²) in [4.78, 5) is 19.0. The van der Waals surface area contributed by atoms with Crippen molar-refractivity contribution < 1.29 is 9.90 Å². The zero-order chi connectivity index (χ0) is 19.7. The number of hydrogen-bond acceptors (Lipinski definition) is 4. The fourth-order valence-electron chi connectivity index (χ4n) is 4.04. The summed E-state index contributed by atoms with van der Waals surface area (Å²) in [6.45, 7) is 4.17. The van der Waals surface area contributed by atoms with E-state index in [1.54, 1.807) is 24.3 Å². The first-order valence-electron chi connectivity index (χ1n) is 9.49. The second-order valence-electron chi connectivity index (χ2n) is 7.35. The molecule has 0 spiro atoms. The summed E-state index contributed by atoms with van der Waals surface area (Å²) < 4.78 is 0. The van der Waals surface area contributed by atoms with Gasteiger partial charge in [0.25, 0.3) is 5.91 Å². The predicted molar refractivity (Wildman–Crippen MR) is 112 cm³/mol. The molecule has 2 heterocycles. The van der Waals surface area contributed by atoms with Crippen LogP contribution in [0.2, 0.25) is 10.0 Å². The Morgan fingerprint density at radius 2 is 1.64 bits per heavy atom. The highest BCUT2D eigenvalue weighted by Gasteiger charge is 2.37. The first kappa shape index (κ1) is 19.5. The van der Waals surface area contributed by atoms with E-state index in [0.29, 0.717) is 35.2 Å². The van der Waals surface area contributed by atoms with E-state index < -0.39 is 6.10 Å². The lowest BCUT2D eigenvalue weighted by molar-refractivity contribution is 0.0376. The highest BCUT2D eigenvalue weighted by molar-refractivity contribution is 6.31. The van der Waals surface area contributed by atoms with Gasteiger partial charge < -0.3 is 14.9 Å². The van der Waals surface area contributed by atoms with Gasteiger partial charge in [-0.15, -0.1) is 0 Å². The summed E-state index contributed by atoms with van der Waals surface area (Å²) in [6, 6.07) is 14.8. The first-order chi connectivity index (χ1) is 13.5. The molecule has 2 fully saturated rings. The van der Waals surface area contributed by atoms with Crippen molar-refractivity contribution in [1.82, 2.24) is 9.80 Å². The van der Waals surface area contributed by atoms with Crippen LogP contribution >= 0.6 is 23.2 Å². The van der Waals surface area contributed by atoms with Crippen LogP contribution in [-0.2, 0) is 0 Å². The molecule has 4 rings (SSSR count). The van der Waals surface area contributed by atoms with Crippen molar-refractivity contribution in [1.29, 1.82) is 0 Å². The highest BCUT2D eigenvalue weighted by atomic mass is 35.5. The van der Waals surface area contributed by atoms with Crippen LogP contribution < -0.4 is 4.90 Å². The number of piperazine rings is 1. The smallest absolute Gasteiger partial charge is 0.253 e. The maximum absolute atomic E-state index is 12.7. The minimum atomic E-state index is -0.419. The van der Waals surface area contributed by atoms with Crippen molar-refractivity contribution in [3.05, 3.63) is 64.1 Å². The van der Waals surface area contributed by atoms with Crippen LogP contribution in [0.25, 0.3) is 0 Å². The summed E-state index contributed by atoms with van der Waals surface area (Å²) in [5.41, 5.74) is 1.69. The van der Waals surface area contributed by atoms with Gasteiger partial charge in [-0.05, 0) is 42.5 Å². The minimum Gasteiger partial charge on any atom is -0.390 e. The largest absolute Gasteiger partial charge is 0.390 e. The molecule has 148 valence electrons. The van der Waals surface area contributed by atoms with Gasteiger partial charge in [-0.3, -0.25) is 9.69 Å². The van der Waals surface area contributed by atoms with Crippen LogP contribution in [0.3, 0.4) is 0 Å². The molecule has 1 N–H and O–H groups in total. The lowest BCUT2D eigenvalue weighted by atomic mass is 10.1. The molecule has 2 atom stereocenters. The summed E-state index contributed by atoms with van der Waals surface area (Å²) >= 11 is 12.0. The Bertz CT molecular complexity index is 838. The van der Waals surface area contributed by atoms with E-state index in [-0.39, 0.29) is 11.9 Å². The zero-order valence-corrected chi connectivity index (χ0v) is 17.0. The maximum atomic E-state index is 12.7. The average molecular weight is 420 g/mol. The Labute approximate surface area is 175 Å². The van der Waals surface area contributed by atoms with Crippen LogP contribution in [-0.4, -0.2) is 72.2 Å². The van der Waals surface area contributed by atoms with Crippen molar-refractivity contribution in [2.45, 2.75) is 12.1 Å². The maximum Gasteiger partial charge on any atom is 0.253 e. The Kier molecular flexibility index (Phi) is 5.78. The molecule has 28 heavy (non-hydrogen) atoms. The number of rotatable bonds is 3. The Balaban J connectivity index is 1.36. The number of anilines is 1. The second-order valence-corrected chi connectivity index (χ2v) is 8.23. The van der Waals surface area contributed by atoms with Gasteiger partial charge in [0.2, 0.25) is 0 Å². The fraction of sp³-hybridized carbons (Fsp3) is 0.381. The van der Waals surface area contributed by atoms with Gasteiger partial charge in [-0.2, -0.15) is 0 Å². The number of nitrogens with zero attached hydrogens (tertiary/aromatic N) is 3. The van der Waals surface area contributed by atoms with Gasteiger partial charge >= 0.3 is 0 Å². The van der Waals surface area contributed by atoms with Gasteiger partial charge in [0, 0.05) is 60.6 Å². The third-order valence-electron chi connectivity index (χ3n) is 5.59. The Hall–Kier alpha value is -1.79. The van der Waals surface area contributed by atoms with E-state index in [9.17, 15) is 9.90 Å². The summed E-state index contributed by atoms with van der Waals surface area (Å²) in [5, 5.41) is 11.9. The summed E-state index contributed by atoms with van der Waals surface area (Å²) in [5.74, 6) is 0.0313. The molecular formula is C21H23Cl2N3O2. The first-order valence-corrected chi connectivity index (χ1v) is 10.2. The van der Waals surface area contributed by atoms with Crippen molar-refractivity contribution in [2.75, 3.05) is 44.2 Å². The summed E-state index contributed by atoms with van der Waals surface area (Å²) in [7, 11) is 0. The molecule has 0 unspecified atom stereocenters. The molecule has 0 bridgehead atoms. The van der Waals surface area contributed by atoms with Crippen molar-refractivity contribution >= 4 is 34.8 Å². The number of β-amino-alcohol motifs (C(OH)–C–C–N with tert-alkyl or cyclic N) is 1. The number of amides is 1. The number of hydrogen-bond donors (Lipinski definition) is 1. The van der Waals surface area contributed by atoms with E-state index >= 15 is 0 Å². The van der Waals surface area contributed by atoms with Gasteiger partial charge in [0.1, 0.15) is 0 Å². The van der Waals surface area contributed by atoms with Crippen LogP contribution in [0.1, 0.15) is 10.4 Å². The highest BCUT2D eigenvalue weighted by Crippen LogP contribution is 2.26. The van der Waals surface area contributed by atoms with Crippen LogP contribution in [0.5, 0.6) is 0 Å². The fourth-order valence-corrected chi connectivity index (χ4v) is 4.35. The van der Waals surface area contributed by atoms with E-state index in [2.05, 4.69) is 9.80 Å². The predicted octanol–water partition coefficient (Wildman–Crippen LogP) is 3.00. The third-order valence-corrected chi connectivity index (χ3v) is 6.08. The van der Waals surface area contributed by atoms with E-state index in [1.165, 1.54) is 0 Å². The third kappa shape index (κ3) is 4.13. The molecule has 2 aliphatic heterocycles. The van der Waals surface area contributed by atoms with Gasteiger partial charge in [0.15, 0.2) is 0 Å². The molecule has 5 nitrogen and oxygen atoms in total. The Morgan fingerprint density at radius 1 is 0.929 bits per heavy atom. The second kappa shape index (κ2) is 8.29. The number of aliphatic hydroxyl groups is 1. The number of benzene rings is 2. The monoisotopic (exact) mass is 419 g/mol. The number of halogens is 2. The minimum absolute atomic E-state index is 0.0313. The molecule has 2 saturated heterocycles. The Morgan fingerprint density at radius 3 is 2.32 bits per heavy atom. The van der Waals surface area contributed by atoms with E-state index in [1.807, 2.05) is 29.2 Å². The van der Waals surface area contributed by atoms with E-state index in [4.69, 9.17) is 23.2 Å². The standard InChI is InChI=1S/C21H23Cl2N3O2/c22-16-6-4-15(5-7-16)21(28)25-10-8-24(9-11-25)19-13-26(14-20(19)27)18-3-1-2-17(23)12-18/h1-7,12,19-20,27H,8-11,13-14H2/t19-,20-/m1/s1.